The van der Waals surface area contributed by atoms with Crippen molar-refractivity contribution in [3.05, 3.63) is 34.3 Å². The standard InChI is InChI=1S/C13H18N4O2S2/c14-4-1-5-16-10-12(8-15-16)21(18,19)17-6-2-13-11(9-17)3-7-20-13/h3,7-8,10H,1-2,4-6,9,14H2. The molecule has 0 radical (unpaired) electrons. The fourth-order valence-electron chi connectivity index (χ4n) is 2.43. The molecule has 0 atom stereocenters. The molecule has 2 aromatic heterocycles. The molecule has 2 N–H and O–H groups in total. The molecule has 0 bridgehead atoms. The minimum atomic E-state index is -3.46. The lowest BCUT2D eigenvalue weighted by molar-refractivity contribution is 0.394. The average Bonchev–Trinajstić information content (AvgIpc) is 3.13. The molecule has 3 heterocycles. The van der Waals surface area contributed by atoms with Crippen LogP contribution >= 0.6 is 11.3 Å². The Morgan fingerprint density at radius 2 is 2.29 bits per heavy atom. The first-order chi connectivity index (χ1) is 10.1. The smallest absolute Gasteiger partial charge is 0.246 e. The molecule has 1 aliphatic heterocycles. The van der Waals surface area contributed by atoms with Crippen LogP contribution in [0.1, 0.15) is 16.9 Å². The number of fused-ring (bicyclic) bond motifs is 1. The van der Waals surface area contributed by atoms with Crippen LogP contribution in [0.3, 0.4) is 0 Å². The number of hydrogen-bond donors (Lipinski definition) is 1. The van der Waals surface area contributed by atoms with E-state index in [-0.39, 0.29) is 4.90 Å². The molecule has 6 nitrogen and oxygen atoms in total. The fraction of sp³-hybridized carbons (Fsp3) is 0.462. The number of thiophene rings is 1. The molecule has 1 aliphatic rings. The highest BCUT2D eigenvalue weighted by Gasteiger charge is 2.29. The fourth-order valence-corrected chi connectivity index (χ4v) is 4.69. The molecule has 114 valence electrons. The summed E-state index contributed by atoms with van der Waals surface area (Å²) in [5.74, 6) is 0. The number of nitrogens with zero attached hydrogens (tertiary/aromatic N) is 3. The zero-order valence-electron chi connectivity index (χ0n) is 11.6. The second kappa shape index (κ2) is 5.88. The Labute approximate surface area is 128 Å². The first-order valence-electron chi connectivity index (χ1n) is 6.89. The Morgan fingerprint density at radius 3 is 3.10 bits per heavy atom. The summed E-state index contributed by atoms with van der Waals surface area (Å²) < 4.78 is 28.5. The summed E-state index contributed by atoms with van der Waals surface area (Å²) in [6, 6.07) is 2.01. The molecule has 0 spiro atoms. The van der Waals surface area contributed by atoms with Crippen LogP contribution in [0.2, 0.25) is 0 Å². The van der Waals surface area contributed by atoms with E-state index in [1.807, 2.05) is 11.4 Å². The second-order valence-electron chi connectivity index (χ2n) is 5.04. The molecule has 0 aliphatic carbocycles. The first-order valence-corrected chi connectivity index (χ1v) is 9.21. The van der Waals surface area contributed by atoms with Gasteiger partial charge in [-0.2, -0.15) is 9.40 Å². The SMILES string of the molecule is NCCCn1cc(S(=O)(=O)N2CCc3sccc3C2)cn1. The van der Waals surface area contributed by atoms with E-state index in [2.05, 4.69) is 5.10 Å². The molecule has 21 heavy (non-hydrogen) atoms. The highest BCUT2D eigenvalue weighted by atomic mass is 32.2. The van der Waals surface area contributed by atoms with Gasteiger partial charge >= 0.3 is 0 Å². The molecule has 2 aromatic rings. The van der Waals surface area contributed by atoms with Crippen molar-refractivity contribution in [2.24, 2.45) is 5.73 Å². The monoisotopic (exact) mass is 326 g/mol. The number of aromatic nitrogens is 2. The van der Waals surface area contributed by atoms with Crippen molar-refractivity contribution in [3.8, 4) is 0 Å². The number of rotatable bonds is 5. The van der Waals surface area contributed by atoms with E-state index in [4.69, 9.17) is 5.73 Å². The van der Waals surface area contributed by atoms with Crippen molar-refractivity contribution in [3.63, 3.8) is 0 Å². The lowest BCUT2D eigenvalue weighted by atomic mass is 10.1. The van der Waals surface area contributed by atoms with Crippen molar-refractivity contribution in [1.29, 1.82) is 0 Å². The van der Waals surface area contributed by atoms with Gasteiger partial charge in [-0.3, -0.25) is 4.68 Å². The number of hydrogen-bond acceptors (Lipinski definition) is 5. The molecule has 0 unspecified atom stereocenters. The van der Waals surface area contributed by atoms with Gasteiger partial charge < -0.3 is 5.73 Å². The van der Waals surface area contributed by atoms with Crippen LogP contribution in [-0.2, 0) is 29.5 Å². The van der Waals surface area contributed by atoms with Crippen molar-refractivity contribution >= 4 is 21.4 Å². The van der Waals surface area contributed by atoms with Gasteiger partial charge in [-0.1, -0.05) is 0 Å². The van der Waals surface area contributed by atoms with Crippen molar-refractivity contribution in [2.75, 3.05) is 13.1 Å². The number of nitrogens with two attached hydrogens (primary N) is 1. The Hall–Kier alpha value is -1.22. The van der Waals surface area contributed by atoms with E-state index < -0.39 is 10.0 Å². The zero-order chi connectivity index (χ0) is 14.9. The maximum Gasteiger partial charge on any atom is 0.246 e. The quantitative estimate of drug-likeness (QED) is 0.890. The van der Waals surface area contributed by atoms with Gasteiger partial charge in [0.05, 0.1) is 6.20 Å². The van der Waals surface area contributed by atoms with Crippen LogP contribution in [-0.4, -0.2) is 35.6 Å². The van der Waals surface area contributed by atoms with E-state index in [1.165, 1.54) is 15.4 Å². The molecule has 0 aromatic carbocycles. The lowest BCUT2D eigenvalue weighted by Gasteiger charge is -2.25. The molecule has 0 amide bonds. The van der Waals surface area contributed by atoms with Crippen LogP contribution in [0.15, 0.2) is 28.7 Å². The van der Waals surface area contributed by atoms with Gasteiger partial charge in [-0.15, -0.1) is 11.3 Å². The summed E-state index contributed by atoms with van der Waals surface area (Å²) >= 11 is 1.70. The van der Waals surface area contributed by atoms with E-state index in [0.29, 0.717) is 26.2 Å². The summed E-state index contributed by atoms with van der Waals surface area (Å²) in [4.78, 5) is 1.55. The molecular weight excluding hydrogens is 308 g/mol. The summed E-state index contributed by atoms with van der Waals surface area (Å²) in [5, 5.41) is 6.13. The third-order valence-corrected chi connectivity index (χ3v) is 6.43. The maximum atomic E-state index is 12.7. The highest BCUT2D eigenvalue weighted by Crippen LogP contribution is 2.27. The minimum absolute atomic E-state index is 0.262. The minimum Gasteiger partial charge on any atom is -0.330 e. The van der Waals surface area contributed by atoms with Gasteiger partial charge in [0.15, 0.2) is 0 Å². The van der Waals surface area contributed by atoms with Gasteiger partial charge in [0.25, 0.3) is 0 Å². The van der Waals surface area contributed by atoms with Crippen molar-refractivity contribution in [1.82, 2.24) is 14.1 Å². The first kappa shape index (κ1) is 14.7. The predicted molar refractivity (Wildman–Crippen MR) is 81.5 cm³/mol. The summed E-state index contributed by atoms with van der Waals surface area (Å²) in [5.41, 5.74) is 6.57. The molecule has 3 rings (SSSR count). The van der Waals surface area contributed by atoms with E-state index in [1.54, 1.807) is 22.2 Å². The normalized spacial score (nSPS) is 16.0. The van der Waals surface area contributed by atoms with Crippen molar-refractivity contribution < 1.29 is 8.42 Å². The zero-order valence-corrected chi connectivity index (χ0v) is 13.2. The van der Waals surface area contributed by atoms with Crippen LogP contribution < -0.4 is 5.73 Å². The van der Waals surface area contributed by atoms with Gasteiger partial charge in [-0.05, 0) is 36.4 Å². The Bertz CT molecular complexity index is 720. The van der Waals surface area contributed by atoms with Crippen molar-refractivity contribution in [2.45, 2.75) is 30.8 Å². The number of aryl methyl sites for hydroxylation is 1. The largest absolute Gasteiger partial charge is 0.330 e. The Balaban J connectivity index is 1.79. The van der Waals surface area contributed by atoms with Crippen LogP contribution in [0.5, 0.6) is 0 Å². The molecular formula is C13H18N4O2S2. The predicted octanol–water partition coefficient (Wildman–Crippen LogP) is 1.04. The Kier molecular flexibility index (Phi) is 4.12. The number of sulfonamides is 1. The van der Waals surface area contributed by atoms with E-state index in [0.717, 1.165) is 18.4 Å². The van der Waals surface area contributed by atoms with Crippen LogP contribution in [0, 0.1) is 0 Å². The van der Waals surface area contributed by atoms with Crippen LogP contribution in [0.25, 0.3) is 0 Å². The van der Waals surface area contributed by atoms with Gasteiger partial charge in [0.1, 0.15) is 4.90 Å². The average molecular weight is 326 g/mol. The summed E-state index contributed by atoms with van der Waals surface area (Å²) in [7, 11) is -3.46. The third-order valence-electron chi connectivity index (χ3n) is 3.61. The third kappa shape index (κ3) is 2.89. The van der Waals surface area contributed by atoms with E-state index >= 15 is 0 Å². The highest BCUT2D eigenvalue weighted by molar-refractivity contribution is 7.89. The summed E-state index contributed by atoms with van der Waals surface area (Å²) in [6.07, 6.45) is 4.58. The lowest BCUT2D eigenvalue weighted by Crippen LogP contribution is -2.35. The molecule has 0 fully saturated rings. The van der Waals surface area contributed by atoms with Crippen LogP contribution in [0.4, 0.5) is 0 Å². The van der Waals surface area contributed by atoms with Gasteiger partial charge in [0.2, 0.25) is 10.0 Å². The van der Waals surface area contributed by atoms with E-state index in [9.17, 15) is 8.42 Å². The molecule has 0 saturated carbocycles. The Morgan fingerprint density at radius 1 is 1.43 bits per heavy atom. The molecule has 8 heteroatoms. The second-order valence-corrected chi connectivity index (χ2v) is 7.98. The maximum absolute atomic E-state index is 12.7. The molecule has 0 saturated heterocycles. The van der Waals surface area contributed by atoms with Gasteiger partial charge in [-0.25, -0.2) is 8.42 Å². The summed E-state index contributed by atoms with van der Waals surface area (Å²) in [6.45, 7) is 2.19. The van der Waals surface area contributed by atoms with Gasteiger partial charge in [0, 0.05) is 30.7 Å². The topological polar surface area (TPSA) is 81.2 Å².